The average Bonchev–Trinajstić information content (AvgIpc) is 3.47. The summed E-state index contributed by atoms with van der Waals surface area (Å²) < 4.78 is 4.31. The molecule has 2 bridgehead atoms. The number of aryl methyl sites for hydroxylation is 1. The topological polar surface area (TPSA) is 90.9 Å². The first-order valence-corrected chi connectivity index (χ1v) is 15.2. The van der Waals surface area contributed by atoms with Gasteiger partial charge in [-0.2, -0.15) is 0 Å². The van der Waals surface area contributed by atoms with Gasteiger partial charge in [-0.05, 0) is 49.9 Å². The number of allylic oxidation sites excluding steroid dienone is 2. The molecule has 1 N–H and O–H groups in total. The van der Waals surface area contributed by atoms with Gasteiger partial charge in [0.25, 0.3) is 5.56 Å². The van der Waals surface area contributed by atoms with E-state index < -0.39 is 11.2 Å². The fourth-order valence-electron chi connectivity index (χ4n) is 6.79. The average molecular weight is 564 g/mol. The van der Waals surface area contributed by atoms with Crippen LogP contribution in [0.3, 0.4) is 0 Å². The maximum absolute atomic E-state index is 13.7. The van der Waals surface area contributed by atoms with Gasteiger partial charge in [0.05, 0.1) is 6.54 Å². The molecule has 1 aromatic carbocycles. The van der Waals surface area contributed by atoms with Crippen LogP contribution < -0.4 is 16.6 Å². The number of nitrogens with zero attached hydrogens (tertiary/aromatic N) is 4. The predicted molar refractivity (Wildman–Crippen MR) is 161 cm³/mol. The molecule has 0 aliphatic heterocycles. The van der Waals surface area contributed by atoms with E-state index >= 15 is 0 Å². The molecule has 2 saturated carbocycles. The number of thioether (sulfide) groups is 1. The summed E-state index contributed by atoms with van der Waals surface area (Å²) in [5, 5.41) is 4.53. The number of carbonyl (C=O) groups is 1. The van der Waals surface area contributed by atoms with Crippen LogP contribution in [0.25, 0.3) is 11.2 Å². The first-order chi connectivity index (χ1) is 19.0. The minimum absolute atomic E-state index is 0.285. The highest BCUT2D eigenvalue weighted by Gasteiger charge is 2.60. The predicted octanol–water partition coefficient (Wildman–Crippen LogP) is 4.64. The summed E-state index contributed by atoms with van der Waals surface area (Å²) >= 11 is 1.60. The van der Waals surface area contributed by atoms with Gasteiger partial charge in [0.1, 0.15) is 0 Å². The molecule has 2 aliphatic carbocycles. The SMILES string of the molecule is CC(C)=CCn1c(SCCNC2CC3CCC2(C)C3(C)C)nc2c1c(=O)n(CC(=O)c1ccccc1)c(=O)n2C. The third kappa shape index (κ3) is 4.81. The van der Waals surface area contributed by atoms with Crippen molar-refractivity contribution in [3.05, 3.63) is 68.4 Å². The number of imidazole rings is 1. The van der Waals surface area contributed by atoms with Crippen molar-refractivity contribution in [2.75, 3.05) is 12.3 Å². The molecule has 3 unspecified atom stereocenters. The molecule has 2 heterocycles. The minimum Gasteiger partial charge on any atom is -0.313 e. The van der Waals surface area contributed by atoms with Crippen molar-refractivity contribution in [2.45, 2.75) is 78.2 Å². The van der Waals surface area contributed by atoms with Gasteiger partial charge in [-0.3, -0.25) is 18.7 Å². The highest BCUT2D eigenvalue weighted by molar-refractivity contribution is 7.99. The zero-order valence-corrected chi connectivity index (χ0v) is 25.3. The second kappa shape index (κ2) is 10.8. The maximum Gasteiger partial charge on any atom is 0.332 e. The van der Waals surface area contributed by atoms with Crippen molar-refractivity contribution in [3.63, 3.8) is 0 Å². The maximum atomic E-state index is 13.7. The lowest BCUT2D eigenvalue weighted by atomic mass is 9.69. The number of carbonyl (C=O) groups excluding carboxylic acids is 1. The van der Waals surface area contributed by atoms with Crippen molar-refractivity contribution in [1.29, 1.82) is 0 Å². The quantitative estimate of drug-likeness (QED) is 0.167. The summed E-state index contributed by atoms with van der Waals surface area (Å²) in [6.45, 7) is 12.3. The van der Waals surface area contributed by atoms with Crippen LogP contribution in [0.1, 0.15) is 64.2 Å². The molecule has 3 atom stereocenters. The smallest absolute Gasteiger partial charge is 0.313 e. The molecule has 0 radical (unpaired) electrons. The largest absolute Gasteiger partial charge is 0.332 e. The molecule has 2 aromatic heterocycles. The molecule has 0 spiro atoms. The second-order valence-electron chi connectivity index (χ2n) is 12.4. The van der Waals surface area contributed by atoms with Crippen LogP contribution in [0.4, 0.5) is 0 Å². The van der Waals surface area contributed by atoms with E-state index in [1.807, 2.05) is 30.6 Å². The monoisotopic (exact) mass is 563 g/mol. The number of nitrogens with one attached hydrogen (secondary N) is 1. The lowest BCUT2D eigenvalue weighted by Crippen LogP contribution is -2.45. The molecule has 2 fully saturated rings. The summed E-state index contributed by atoms with van der Waals surface area (Å²) in [7, 11) is 1.61. The van der Waals surface area contributed by atoms with Crippen LogP contribution in [-0.4, -0.2) is 42.8 Å². The highest BCUT2D eigenvalue weighted by Crippen LogP contribution is 2.65. The lowest BCUT2D eigenvalue weighted by Gasteiger charge is -2.39. The summed E-state index contributed by atoms with van der Waals surface area (Å²) in [6, 6.07) is 9.25. The number of fused-ring (bicyclic) bond motifs is 3. The lowest BCUT2D eigenvalue weighted by molar-refractivity contribution is 0.0969. The van der Waals surface area contributed by atoms with Gasteiger partial charge in [0.2, 0.25) is 0 Å². The Bertz CT molecular complexity index is 1580. The van der Waals surface area contributed by atoms with Crippen molar-refractivity contribution in [3.8, 4) is 0 Å². The van der Waals surface area contributed by atoms with E-state index in [1.165, 1.54) is 23.8 Å². The van der Waals surface area contributed by atoms with E-state index in [0.717, 1.165) is 28.4 Å². The van der Waals surface area contributed by atoms with Crippen LogP contribution in [0.15, 0.2) is 56.7 Å². The first kappa shape index (κ1) is 28.6. The third-order valence-corrected chi connectivity index (χ3v) is 10.8. The van der Waals surface area contributed by atoms with Gasteiger partial charge in [0.15, 0.2) is 22.1 Å². The summed E-state index contributed by atoms with van der Waals surface area (Å²) in [5.41, 5.74) is 1.93. The highest BCUT2D eigenvalue weighted by atomic mass is 32.2. The molecule has 40 heavy (non-hydrogen) atoms. The number of benzene rings is 1. The van der Waals surface area contributed by atoms with Gasteiger partial charge in [-0.15, -0.1) is 0 Å². The van der Waals surface area contributed by atoms with Crippen LogP contribution in [0.5, 0.6) is 0 Å². The molecule has 2 aliphatic rings. The molecule has 9 heteroatoms. The Morgan fingerprint density at radius 1 is 1.15 bits per heavy atom. The van der Waals surface area contributed by atoms with Crippen molar-refractivity contribution < 1.29 is 4.79 Å². The summed E-state index contributed by atoms with van der Waals surface area (Å²) in [6.07, 6.45) is 5.89. The van der Waals surface area contributed by atoms with Crippen molar-refractivity contribution in [2.24, 2.45) is 23.8 Å². The molecule has 214 valence electrons. The first-order valence-electron chi connectivity index (χ1n) is 14.2. The van der Waals surface area contributed by atoms with Crippen LogP contribution in [-0.2, 0) is 20.1 Å². The summed E-state index contributed by atoms with van der Waals surface area (Å²) in [5.74, 6) is 1.30. The van der Waals surface area contributed by atoms with Crippen LogP contribution in [0.2, 0.25) is 0 Å². The van der Waals surface area contributed by atoms with E-state index in [2.05, 4.69) is 26.1 Å². The molecule has 8 nitrogen and oxygen atoms in total. The number of hydrogen-bond donors (Lipinski definition) is 1. The van der Waals surface area contributed by atoms with Gasteiger partial charge < -0.3 is 9.88 Å². The van der Waals surface area contributed by atoms with Gasteiger partial charge >= 0.3 is 5.69 Å². The Labute approximate surface area is 239 Å². The Hall–Kier alpha value is -2.91. The molecular weight excluding hydrogens is 522 g/mol. The minimum atomic E-state index is -0.543. The Balaban J connectivity index is 1.41. The zero-order valence-electron chi connectivity index (χ0n) is 24.5. The fourth-order valence-corrected chi connectivity index (χ4v) is 7.67. The normalized spacial score (nSPS) is 23.1. The number of rotatable bonds is 10. The van der Waals surface area contributed by atoms with Crippen molar-refractivity contribution >= 4 is 28.7 Å². The standard InChI is InChI=1S/C31H41N5O3S/c1-20(2)13-16-35-25-26(34(6)29(39)36(27(25)38)19-23(37)21-10-8-7-9-11-21)33-28(35)40-17-15-32-24-18-22-12-14-31(24,5)30(22,3)4/h7-11,13,22,24,32H,12,14-19H2,1-6H3. The number of hydrogen-bond acceptors (Lipinski definition) is 6. The number of ketones is 1. The molecule has 0 amide bonds. The van der Waals surface area contributed by atoms with E-state index in [-0.39, 0.29) is 12.3 Å². The zero-order chi connectivity index (χ0) is 28.8. The summed E-state index contributed by atoms with van der Waals surface area (Å²) in [4.78, 5) is 44.6. The van der Waals surface area contributed by atoms with Gasteiger partial charge in [-0.1, -0.05) is 74.5 Å². The van der Waals surface area contributed by atoms with Crippen LogP contribution >= 0.6 is 11.8 Å². The number of Topliss-reactive ketones (excluding diaryl/α,β-unsaturated/α-hetero) is 1. The molecule has 5 rings (SSSR count). The van der Waals surface area contributed by atoms with E-state index in [0.29, 0.717) is 45.3 Å². The molecule has 3 aromatic rings. The Kier molecular flexibility index (Phi) is 7.74. The Morgan fingerprint density at radius 2 is 1.88 bits per heavy atom. The van der Waals surface area contributed by atoms with Crippen molar-refractivity contribution in [1.82, 2.24) is 24.0 Å². The molecular formula is C31H41N5O3S. The second-order valence-corrected chi connectivity index (χ2v) is 13.5. The van der Waals surface area contributed by atoms with Crippen LogP contribution in [0, 0.1) is 16.7 Å². The molecule has 0 saturated heterocycles. The Morgan fingerprint density at radius 3 is 2.50 bits per heavy atom. The van der Waals surface area contributed by atoms with Gasteiger partial charge in [0, 0.05) is 37.5 Å². The fraction of sp³-hybridized carbons (Fsp3) is 0.548. The van der Waals surface area contributed by atoms with Gasteiger partial charge in [-0.25, -0.2) is 9.78 Å². The number of aromatic nitrogens is 4. The van der Waals surface area contributed by atoms with E-state index in [9.17, 15) is 14.4 Å². The van der Waals surface area contributed by atoms with E-state index in [1.54, 1.807) is 43.1 Å². The van der Waals surface area contributed by atoms with E-state index in [4.69, 9.17) is 4.98 Å². The third-order valence-electron chi connectivity index (χ3n) is 9.80.